The average molecular weight is 310 g/mol. The topological polar surface area (TPSA) is 39.2 Å². The van der Waals surface area contributed by atoms with Crippen molar-refractivity contribution in [3.05, 3.63) is 52.5 Å². The van der Waals surface area contributed by atoms with Gasteiger partial charge in [-0.2, -0.15) is 0 Å². The summed E-state index contributed by atoms with van der Waals surface area (Å²) in [6, 6.07) is 7.34. The largest absolute Gasteiger partial charge is 0.455 e. The summed E-state index contributed by atoms with van der Waals surface area (Å²) < 4.78 is 18.9. The molecule has 1 heterocycles. The Morgan fingerprint density at radius 2 is 2.11 bits per heavy atom. The maximum Gasteiger partial charge on any atom is 0.178 e. The second-order valence-electron chi connectivity index (χ2n) is 3.61. The molecule has 0 saturated heterocycles. The van der Waals surface area contributed by atoms with Crippen molar-refractivity contribution in [3.8, 4) is 11.5 Å². The van der Waals surface area contributed by atoms with Crippen molar-refractivity contribution >= 4 is 21.7 Å². The van der Waals surface area contributed by atoms with Gasteiger partial charge in [0.15, 0.2) is 5.78 Å². The van der Waals surface area contributed by atoms with Crippen LogP contribution >= 0.6 is 15.9 Å². The SMILES string of the molecule is CC(=O)c1ccc(Oc2ccc(F)cc2Br)cn1. The number of Topliss-reactive ketones (excluding diaryl/α,β-unsaturated/α-hetero) is 1. The molecule has 0 aliphatic heterocycles. The Balaban J connectivity index is 2.21. The quantitative estimate of drug-likeness (QED) is 0.805. The Morgan fingerprint density at radius 3 is 2.67 bits per heavy atom. The first-order valence-electron chi connectivity index (χ1n) is 5.16. The molecule has 1 aromatic heterocycles. The number of benzene rings is 1. The lowest BCUT2D eigenvalue weighted by Gasteiger charge is -2.07. The molecular formula is C13H9BrFNO2. The number of aromatic nitrogens is 1. The lowest BCUT2D eigenvalue weighted by Crippen LogP contribution is -1.96. The van der Waals surface area contributed by atoms with Gasteiger partial charge < -0.3 is 4.74 Å². The van der Waals surface area contributed by atoms with E-state index in [9.17, 15) is 9.18 Å². The van der Waals surface area contributed by atoms with E-state index in [1.807, 2.05) is 0 Å². The molecule has 0 unspecified atom stereocenters. The first-order chi connectivity index (χ1) is 8.56. The van der Waals surface area contributed by atoms with Crippen molar-refractivity contribution in [2.45, 2.75) is 6.92 Å². The summed E-state index contributed by atoms with van der Waals surface area (Å²) in [6.07, 6.45) is 1.45. The van der Waals surface area contributed by atoms with E-state index >= 15 is 0 Å². The maximum atomic E-state index is 12.9. The van der Waals surface area contributed by atoms with Crippen molar-refractivity contribution in [1.82, 2.24) is 4.98 Å². The summed E-state index contributed by atoms with van der Waals surface area (Å²) in [5, 5.41) is 0. The Kier molecular flexibility index (Phi) is 3.72. The first-order valence-corrected chi connectivity index (χ1v) is 5.95. The van der Waals surface area contributed by atoms with Gasteiger partial charge in [-0.1, -0.05) is 0 Å². The Labute approximate surface area is 112 Å². The van der Waals surface area contributed by atoms with Crippen LogP contribution in [0.4, 0.5) is 4.39 Å². The molecule has 2 aromatic rings. The van der Waals surface area contributed by atoms with Gasteiger partial charge >= 0.3 is 0 Å². The van der Waals surface area contributed by atoms with Crippen LogP contribution in [0, 0.1) is 5.82 Å². The number of ketones is 1. The van der Waals surface area contributed by atoms with E-state index in [0.717, 1.165) is 0 Å². The van der Waals surface area contributed by atoms with Crippen LogP contribution in [0.5, 0.6) is 11.5 Å². The molecule has 5 heteroatoms. The van der Waals surface area contributed by atoms with E-state index in [1.165, 1.54) is 31.3 Å². The van der Waals surface area contributed by atoms with Gasteiger partial charge in [0.2, 0.25) is 0 Å². The smallest absolute Gasteiger partial charge is 0.178 e. The highest BCUT2D eigenvalue weighted by Crippen LogP contribution is 2.29. The molecule has 0 N–H and O–H groups in total. The Hall–Kier alpha value is -1.75. The van der Waals surface area contributed by atoms with Crippen LogP contribution in [0.15, 0.2) is 41.0 Å². The summed E-state index contributed by atoms with van der Waals surface area (Å²) >= 11 is 3.20. The molecule has 0 radical (unpaired) electrons. The number of pyridine rings is 1. The van der Waals surface area contributed by atoms with Crippen molar-refractivity contribution < 1.29 is 13.9 Å². The van der Waals surface area contributed by atoms with Crippen LogP contribution in [0.2, 0.25) is 0 Å². The van der Waals surface area contributed by atoms with E-state index in [4.69, 9.17) is 4.74 Å². The summed E-state index contributed by atoms with van der Waals surface area (Å²) in [5.41, 5.74) is 0.375. The minimum absolute atomic E-state index is 0.107. The number of ether oxygens (including phenoxy) is 1. The third-order valence-electron chi connectivity index (χ3n) is 2.22. The predicted molar refractivity (Wildman–Crippen MR) is 68.4 cm³/mol. The minimum Gasteiger partial charge on any atom is -0.455 e. The number of carbonyl (C=O) groups is 1. The van der Waals surface area contributed by atoms with E-state index in [2.05, 4.69) is 20.9 Å². The van der Waals surface area contributed by atoms with Crippen LogP contribution in [-0.2, 0) is 0 Å². The molecule has 0 aliphatic rings. The maximum absolute atomic E-state index is 12.9. The van der Waals surface area contributed by atoms with Crippen LogP contribution in [0.1, 0.15) is 17.4 Å². The summed E-state index contributed by atoms with van der Waals surface area (Å²) in [4.78, 5) is 15.0. The summed E-state index contributed by atoms with van der Waals surface area (Å²) in [7, 11) is 0. The number of hydrogen-bond donors (Lipinski definition) is 0. The summed E-state index contributed by atoms with van der Waals surface area (Å²) in [6.45, 7) is 1.44. The fourth-order valence-corrected chi connectivity index (χ4v) is 1.77. The molecule has 92 valence electrons. The standard InChI is InChI=1S/C13H9BrFNO2/c1-8(17)12-4-3-10(7-16-12)18-13-5-2-9(15)6-11(13)14/h2-7H,1H3. The van der Waals surface area contributed by atoms with Gasteiger partial charge in [-0.25, -0.2) is 9.37 Å². The normalized spacial score (nSPS) is 10.2. The van der Waals surface area contributed by atoms with Crippen LogP contribution in [-0.4, -0.2) is 10.8 Å². The number of hydrogen-bond acceptors (Lipinski definition) is 3. The molecule has 0 aliphatic carbocycles. The van der Waals surface area contributed by atoms with Crippen molar-refractivity contribution in [2.75, 3.05) is 0 Å². The molecular weight excluding hydrogens is 301 g/mol. The minimum atomic E-state index is -0.348. The molecule has 0 saturated carbocycles. The highest BCUT2D eigenvalue weighted by atomic mass is 79.9. The van der Waals surface area contributed by atoms with Crippen molar-refractivity contribution in [3.63, 3.8) is 0 Å². The average Bonchev–Trinajstić information content (AvgIpc) is 2.33. The van der Waals surface area contributed by atoms with E-state index in [1.54, 1.807) is 12.1 Å². The Bertz CT molecular complexity index is 584. The van der Waals surface area contributed by atoms with Crippen LogP contribution in [0.25, 0.3) is 0 Å². The summed E-state index contributed by atoms with van der Waals surface area (Å²) in [5.74, 6) is 0.505. The van der Waals surface area contributed by atoms with Crippen molar-refractivity contribution in [1.29, 1.82) is 0 Å². The monoisotopic (exact) mass is 309 g/mol. The number of nitrogens with zero attached hydrogens (tertiary/aromatic N) is 1. The molecule has 0 spiro atoms. The van der Waals surface area contributed by atoms with E-state index in [-0.39, 0.29) is 11.6 Å². The predicted octanol–water partition coefficient (Wildman–Crippen LogP) is 3.98. The lowest BCUT2D eigenvalue weighted by molar-refractivity contribution is 0.101. The van der Waals surface area contributed by atoms with Crippen LogP contribution < -0.4 is 4.74 Å². The van der Waals surface area contributed by atoms with Gasteiger partial charge in [0.1, 0.15) is 23.0 Å². The van der Waals surface area contributed by atoms with Crippen molar-refractivity contribution in [2.24, 2.45) is 0 Å². The van der Waals surface area contributed by atoms with Gasteiger partial charge in [-0.05, 0) is 46.3 Å². The van der Waals surface area contributed by atoms with Gasteiger partial charge in [0.25, 0.3) is 0 Å². The molecule has 2 rings (SSSR count). The number of halogens is 2. The third kappa shape index (κ3) is 2.92. The number of carbonyl (C=O) groups excluding carboxylic acids is 1. The fourth-order valence-electron chi connectivity index (χ4n) is 1.33. The highest BCUT2D eigenvalue weighted by molar-refractivity contribution is 9.10. The molecule has 1 aromatic carbocycles. The van der Waals surface area contributed by atoms with E-state index < -0.39 is 0 Å². The molecule has 3 nitrogen and oxygen atoms in total. The highest BCUT2D eigenvalue weighted by Gasteiger charge is 2.06. The number of rotatable bonds is 3. The second-order valence-corrected chi connectivity index (χ2v) is 4.47. The van der Waals surface area contributed by atoms with E-state index in [0.29, 0.717) is 21.7 Å². The molecule has 0 atom stereocenters. The zero-order chi connectivity index (χ0) is 13.1. The Morgan fingerprint density at radius 1 is 1.33 bits per heavy atom. The molecule has 0 amide bonds. The second kappa shape index (κ2) is 5.27. The third-order valence-corrected chi connectivity index (χ3v) is 2.84. The van der Waals surface area contributed by atoms with Gasteiger partial charge in [0.05, 0.1) is 10.7 Å². The molecule has 0 bridgehead atoms. The first kappa shape index (κ1) is 12.7. The fraction of sp³-hybridized carbons (Fsp3) is 0.0769. The zero-order valence-corrected chi connectivity index (χ0v) is 11.1. The van der Waals surface area contributed by atoms with Gasteiger partial charge in [-0.3, -0.25) is 4.79 Å². The zero-order valence-electron chi connectivity index (χ0n) is 9.48. The lowest BCUT2D eigenvalue weighted by atomic mass is 10.3. The molecule has 18 heavy (non-hydrogen) atoms. The van der Waals surface area contributed by atoms with Gasteiger partial charge in [-0.15, -0.1) is 0 Å². The molecule has 0 fully saturated rings. The van der Waals surface area contributed by atoms with Gasteiger partial charge in [0, 0.05) is 6.92 Å². The van der Waals surface area contributed by atoms with Crippen LogP contribution in [0.3, 0.4) is 0 Å².